The third-order valence-corrected chi connectivity index (χ3v) is 9.67. The molecule has 9 rings (SSSR count). The Labute approximate surface area is 256 Å². The molecule has 1 spiro atoms. The number of piperidine rings is 1. The molecule has 10 heteroatoms. The summed E-state index contributed by atoms with van der Waals surface area (Å²) in [5.41, 5.74) is 5.09. The fraction of sp³-hybridized carbons (Fsp3) is 0.412. The number of hydrogen-bond acceptors (Lipinski definition) is 9. The highest BCUT2D eigenvalue weighted by molar-refractivity contribution is 5.85. The Bertz CT molecular complexity index is 1770. The number of hydrogen-bond donors (Lipinski definition) is 0. The summed E-state index contributed by atoms with van der Waals surface area (Å²) < 4.78 is 13.9. The first-order valence-corrected chi connectivity index (χ1v) is 15.5. The van der Waals surface area contributed by atoms with Crippen LogP contribution in [0.15, 0.2) is 61.1 Å². The molecule has 2 atom stereocenters. The van der Waals surface area contributed by atoms with E-state index in [-0.39, 0.29) is 5.60 Å². The predicted molar refractivity (Wildman–Crippen MR) is 164 cm³/mol. The Morgan fingerprint density at radius 1 is 1.05 bits per heavy atom. The second-order valence-electron chi connectivity index (χ2n) is 12.5. The van der Waals surface area contributed by atoms with Gasteiger partial charge in [0.15, 0.2) is 0 Å². The number of anilines is 1. The van der Waals surface area contributed by atoms with E-state index in [4.69, 9.17) is 14.5 Å². The van der Waals surface area contributed by atoms with Crippen LogP contribution in [-0.2, 0) is 11.3 Å². The van der Waals surface area contributed by atoms with E-state index in [1.807, 2.05) is 36.7 Å². The number of benzene rings is 1. The molecule has 1 aliphatic carbocycles. The van der Waals surface area contributed by atoms with Gasteiger partial charge in [0.2, 0.25) is 0 Å². The molecule has 4 aromatic rings. The molecule has 7 heterocycles. The lowest BCUT2D eigenvalue weighted by atomic mass is 9.86. The van der Waals surface area contributed by atoms with Gasteiger partial charge in [-0.05, 0) is 55.2 Å². The number of nitrogens with zero attached hydrogens (tertiary/aromatic N) is 8. The average molecular weight is 587 g/mol. The number of nitriles is 2. The maximum absolute atomic E-state index is 9.79. The van der Waals surface area contributed by atoms with Gasteiger partial charge in [0.1, 0.15) is 24.2 Å². The van der Waals surface area contributed by atoms with Crippen LogP contribution in [0.2, 0.25) is 0 Å². The summed E-state index contributed by atoms with van der Waals surface area (Å²) in [6.07, 6.45) is 8.88. The molecule has 0 N–H and O–H groups in total. The predicted octanol–water partition coefficient (Wildman–Crippen LogP) is 3.85. The number of pyridine rings is 2. The molecule has 44 heavy (non-hydrogen) atoms. The van der Waals surface area contributed by atoms with Gasteiger partial charge in [-0.2, -0.15) is 15.6 Å². The summed E-state index contributed by atoms with van der Waals surface area (Å²) in [7, 11) is 0. The van der Waals surface area contributed by atoms with Gasteiger partial charge in [-0.25, -0.2) is 9.50 Å². The molecule has 5 aliphatic rings. The smallest absolute Gasteiger partial charge is 0.138 e. The van der Waals surface area contributed by atoms with Crippen molar-refractivity contribution in [3.05, 3.63) is 77.7 Å². The first-order valence-electron chi connectivity index (χ1n) is 15.5. The van der Waals surface area contributed by atoms with E-state index < -0.39 is 0 Å². The maximum Gasteiger partial charge on any atom is 0.138 e. The first kappa shape index (κ1) is 27.1. The summed E-state index contributed by atoms with van der Waals surface area (Å²) in [5.74, 6) is 1.68. The lowest BCUT2D eigenvalue weighted by Crippen LogP contribution is -2.68. The van der Waals surface area contributed by atoms with Crippen molar-refractivity contribution < 1.29 is 9.47 Å². The zero-order valence-electron chi connectivity index (χ0n) is 24.6. The van der Waals surface area contributed by atoms with Gasteiger partial charge in [0, 0.05) is 68.7 Å². The van der Waals surface area contributed by atoms with E-state index in [0.717, 1.165) is 86.9 Å². The number of fused-ring (bicyclic) bond motifs is 3. The van der Waals surface area contributed by atoms with E-state index in [9.17, 15) is 10.5 Å². The quantitative estimate of drug-likeness (QED) is 0.304. The largest absolute Gasteiger partial charge is 0.491 e. The topological polar surface area (TPSA) is 106 Å². The van der Waals surface area contributed by atoms with Gasteiger partial charge in [-0.3, -0.25) is 9.80 Å². The van der Waals surface area contributed by atoms with Crippen molar-refractivity contribution >= 4 is 11.3 Å². The highest BCUT2D eigenvalue weighted by Crippen LogP contribution is 2.42. The third-order valence-electron chi connectivity index (χ3n) is 9.67. The van der Waals surface area contributed by atoms with Crippen molar-refractivity contribution in [3.63, 3.8) is 0 Å². The molecule has 222 valence electrons. The number of ether oxygens (including phenoxy) is 2. The van der Waals surface area contributed by atoms with Crippen molar-refractivity contribution in [2.75, 3.05) is 50.8 Å². The summed E-state index contributed by atoms with van der Waals surface area (Å²) in [6.45, 7) is 6.86. The number of piperazine rings is 1. The molecule has 2 unspecified atom stereocenters. The van der Waals surface area contributed by atoms with Crippen LogP contribution in [0.1, 0.15) is 36.0 Å². The first-order chi connectivity index (χ1) is 21.6. The monoisotopic (exact) mass is 586 g/mol. The molecule has 4 saturated heterocycles. The van der Waals surface area contributed by atoms with E-state index in [1.54, 1.807) is 10.7 Å². The molecule has 2 bridgehead atoms. The van der Waals surface area contributed by atoms with Crippen molar-refractivity contribution in [1.29, 1.82) is 10.5 Å². The highest BCUT2D eigenvalue weighted by atomic mass is 16.5. The Morgan fingerprint density at radius 3 is 2.70 bits per heavy atom. The van der Waals surface area contributed by atoms with E-state index >= 15 is 0 Å². The fourth-order valence-corrected chi connectivity index (χ4v) is 7.14. The third kappa shape index (κ3) is 5.05. The molecular weight excluding hydrogens is 552 g/mol. The summed E-state index contributed by atoms with van der Waals surface area (Å²) in [4.78, 5) is 12.2. The Hall–Kier alpha value is -4.48. The van der Waals surface area contributed by atoms with Crippen LogP contribution in [0.3, 0.4) is 0 Å². The number of rotatable bonds is 8. The van der Waals surface area contributed by atoms with Crippen LogP contribution in [0.4, 0.5) is 5.82 Å². The molecule has 0 radical (unpaired) electrons. The SMILES string of the molecule is N#Cc1cccc(CN2C3CC2CN(c2ccc(-c4cc(OCCN5CCOC6(CC6)C5)cn5ncc(C#N)c45)cn2)C3)c1. The van der Waals surface area contributed by atoms with E-state index in [1.165, 1.54) is 12.0 Å². The molecule has 10 nitrogen and oxygen atoms in total. The van der Waals surface area contributed by atoms with Crippen LogP contribution in [0, 0.1) is 22.7 Å². The lowest BCUT2D eigenvalue weighted by molar-refractivity contribution is -0.0483. The average Bonchev–Trinajstić information content (AvgIpc) is 3.67. The normalized spacial score (nSPS) is 22.4. The van der Waals surface area contributed by atoms with Gasteiger partial charge in [-0.1, -0.05) is 12.1 Å². The highest BCUT2D eigenvalue weighted by Gasteiger charge is 2.47. The molecule has 3 aromatic heterocycles. The van der Waals surface area contributed by atoms with Crippen LogP contribution in [0.5, 0.6) is 5.75 Å². The molecule has 1 aromatic carbocycles. The number of aromatic nitrogens is 3. The van der Waals surface area contributed by atoms with E-state index in [0.29, 0.717) is 29.8 Å². The zero-order chi connectivity index (χ0) is 29.7. The maximum atomic E-state index is 9.79. The minimum Gasteiger partial charge on any atom is -0.491 e. The zero-order valence-corrected chi connectivity index (χ0v) is 24.6. The van der Waals surface area contributed by atoms with Crippen molar-refractivity contribution in [2.45, 2.75) is 43.5 Å². The molecule has 4 aliphatic heterocycles. The van der Waals surface area contributed by atoms with Crippen LogP contribution in [0.25, 0.3) is 16.6 Å². The summed E-state index contributed by atoms with van der Waals surface area (Å²) >= 11 is 0. The van der Waals surface area contributed by atoms with Gasteiger partial charge < -0.3 is 14.4 Å². The Kier molecular flexibility index (Phi) is 6.71. The second-order valence-corrected chi connectivity index (χ2v) is 12.5. The fourth-order valence-electron chi connectivity index (χ4n) is 7.14. The van der Waals surface area contributed by atoms with Gasteiger partial charge in [-0.15, -0.1) is 0 Å². The van der Waals surface area contributed by atoms with Gasteiger partial charge in [0.05, 0.1) is 47.3 Å². The second kappa shape index (κ2) is 10.9. The van der Waals surface area contributed by atoms with Gasteiger partial charge >= 0.3 is 0 Å². The molecule has 5 fully saturated rings. The van der Waals surface area contributed by atoms with E-state index in [2.05, 4.69) is 50.1 Å². The Morgan fingerprint density at radius 2 is 1.93 bits per heavy atom. The minimum absolute atomic E-state index is 0.103. The van der Waals surface area contributed by atoms with Crippen LogP contribution < -0.4 is 9.64 Å². The molecule has 0 amide bonds. The molecule has 1 saturated carbocycles. The van der Waals surface area contributed by atoms with Crippen LogP contribution in [-0.4, -0.2) is 88.0 Å². The summed E-state index contributed by atoms with van der Waals surface area (Å²) in [5, 5.41) is 23.5. The van der Waals surface area contributed by atoms with Crippen molar-refractivity contribution in [1.82, 2.24) is 24.4 Å². The Balaban J connectivity index is 0.962. The van der Waals surface area contributed by atoms with Gasteiger partial charge in [0.25, 0.3) is 0 Å². The summed E-state index contributed by atoms with van der Waals surface area (Å²) in [6, 6.07) is 19.6. The lowest BCUT2D eigenvalue weighted by Gasteiger charge is -2.56. The van der Waals surface area contributed by atoms with Crippen LogP contribution >= 0.6 is 0 Å². The minimum atomic E-state index is 0.103. The van der Waals surface area contributed by atoms with Crippen molar-refractivity contribution in [2.24, 2.45) is 0 Å². The van der Waals surface area contributed by atoms with Crippen molar-refractivity contribution in [3.8, 4) is 29.0 Å². The molecular formula is C34H34N8O2. The number of morpholine rings is 1. The standard InChI is InChI=1S/C34H34N8O2/c35-15-24-2-1-3-25(12-24)19-41-28-13-29(41)21-40(20-28)32-5-4-26(17-37-32)31-14-30(22-42-33(31)27(16-36)18-38-42)43-10-8-39-9-11-44-34(23-39)6-7-34/h1-5,12,14,17-18,22,28-29H,6-11,13,19-21,23H2.